The standard InChI is InChI=1S/C15H25N3O3S/c1-11(2)14-10-13(16-17(14)3)15(19)18-8-5-6-12(7-9-18)22(4,20)21/h10-12H,5-9H2,1-4H3. The van der Waals surface area contributed by atoms with E-state index < -0.39 is 9.84 Å². The van der Waals surface area contributed by atoms with E-state index in [4.69, 9.17) is 0 Å². The van der Waals surface area contributed by atoms with Gasteiger partial charge in [-0.15, -0.1) is 0 Å². The van der Waals surface area contributed by atoms with Crippen LogP contribution in [0.25, 0.3) is 0 Å². The summed E-state index contributed by atoms with van der Waals surface area (Å²) in [6, 6.07) is 1.84. The second-order valence-corrected chi connectivity index (χ2v) is 8.73. The molecule has 1 atom stereocenters. The molecule has 1 aromatic rings. The number of sulfone groups is 1. The summed E-state index contributed by atoms with van der Waals surface area (Å²) in [5.41, 5.74) is 1.47. The van der Waals surface area contributed by atoms with Crippen LogP contribution in [0.4, 0.5) is 0 Å². The molecule has 2 heterocycles. The first-order valence-corrected chi connectivity index (χ1v) is 9.67. The quantitative estimate of drug-likeness (QED) is 0.845. The third-order valence-corrected chi connectivity index (χ3v) is 5.98. The number of carbonyl (C=O) groups is 1. The monoisotopic (exact) mass is 327 g/mol. The fourth-order valence-corrected chi connectivity index (χ4v) is 4.11. The lowest BCUT2D eigenvalue weighted by Gasteiger charge is -2.19. The van der Waals surface area contributed by atoms with Crippen molar-refractivity contribution < 1.29 is 13.2 Å². The van der Waals surface area contributed by atoms with Crippen molar-refractivity contribution in [2.75, 3.05) is 19.3 Å². The molecule has 1 amide bonds. The largest absolute Gasteiger partial charge is 0.337 e. The van der Waals surface area contributed by atoms with Gasteiger partial charge in [0.1, 0.15) is 9.84 Å². The SMILES string of the molecule is CC(C)c1cc(C(=O)N2CCCC(S(C)(=O)=O)CC2)nn1C. The smallest absolute Gasteiger partial charge is 0.274 e. The fraction of sp³-hybridized carbons (Fsp3) is 0.733. The van der Waals surface area contributed by atoms with Gasteiger partial charge in [0, 0.05) is 32.1 Å². The Bertz CT molecular complexity index is 649. The lowest BCUT2D eigenvalue weighted by atomic mass is 10.1. The summed E-state index contributed by atoms with van der Waals surface area (Å²) in [4.78, 5) is 14.3. The van der Waals surface area contributed by atoms with Crippen LogP contribution in [0.5, 0.6) is 0 Å². The third kappa shape index (κ3) is 3.69. The molecule has 0 bridgehead atoms. The molecule has 0 radical (unpaired) electrons. The van der Waals surface area contributed by atoms with Gasteiger partial charge < -0.3 is 4.90 Å². The van der Waals surface area contributed by atoms with Gasteiger partial charge in [0.2, 0.25) is 0 Å². The van der Waals surface area contributed by atoms with Crippen molar-refractivity contribution >= 4 is 15.7 Å². The summed E-state index contributed by atoms with van der Waals surface area (Å²) in [5.74, 6) is 0.203. The van der Waals surface area contributed by atoms with E-state index in [0.29, 0.717) is 44.0 Å². The molecule has 6 nitrogen and oxygen atoms in total. The van der Waals surface area contributed by atoms with Gasteiger partial charge in [0.05, 0.1) is 5.25 Å². The van der Waals surface area contributed by atoms with E-state index in [-0.39, 0.29) is 11.2 Å². The first-order chi connectivity index (χ1) is 10.2. The van der Waals surface area contributed by atoms with Crippen LogP contribution in [0.1, 0.15) is 55.2 Å². The molecule has 1 aliphatic heterocycles. The van der Waals surface area contributed by atoms with Crippen molar-refractivity contribution in [1.29, 1.82) is 0 Å². The molecule has 1 unspecified atom stereocenters. The van der Waals surface area contributed by atoms with Crippen molar-refractivity contribution in [2.24, 2.45) is 7.05 Å². The van der Waals surface area contributed by atoms with E-state index in [9.17, 15) is 13.2 Å². The van der Waals surface area contributed by atoms with E-state index in [1.54, 1.807) is 9.58 Å². The molecular formula is C15H25N3O3S. The van der Waals surface area contributed by atoms with Crippen molar-refractivity contribution in [3.63, 3.8) is 0 Å². The summed E-state index contributed by atoms with van der Waals surface area (Å²) in [6.07, 6.45) is 3.13. The molecule has 0 aromatic carbocycles. The van der Waals surface area contributed by atoms with Crippen LogP contribution in [-0.4, -0.2) is 53.6 Å². The predicted molar refractivity (Wildman–Crippen MR) is 85.7 cm³/mol. The maximum absolute atomic E-state index is 12.6. The maximum atomic E-state index is 12.6. The Kier molecular flexibility index (Phi) is 4.94. The zero-order valence-corrected chi connectivity index (χ0v) is 14.6. The van der Waals surface area contributed by atoms with Crippen LogP contribution in [0.2, 0.25) is 0 Å². The zero-order chi connectivity index (χ0) is 16.5. The van der Waals surface area contributed by atoms with Gasteiger partial charge in [0.25, 0.3) is 5.91 Å². The molecule has 7 heteroatoms. The summed E-state index contributed by atoms with van der Waals surface area (Å²) in [5, 5.41) is 3.98. The van der Waals surface area contributed by atoms with E-state index in [2.05, 4.69) is 18.9 Å². The summed E-state index contributed by atoms with van der Waals surface area (Å²) >= 11 is 0. The normalized spacial score (nSPS) is 20.2. The van der Waals surface area contributed by atoms with Crippen LogP contribution < -0.4 is 0 Å². The lowest BCUT2D eigenvalue weighted by molar-refractivity contribution is 0.0755. The van der Waals surface area contributed by atoms with E-state index >= 15 is 0 Å². The number of hydrogen-bond donors (Lipinski definition) is 0. The number of hydrogen-bond acceptors (Lipinski definition) is 4. The van der Waals surface area contributed by atoms with Gasteiger partial charge in [-0.2, -0.15) is 5.10 Å². The molecule has 0 aliphatic carbocycles. The predicted octanol–water partition coefficient (Wildman–Crippen LogP) is 1.58. The van der Waals surface area contributed by atoms with E-state index in [0.717, 1.165) is 5.69 Å². The highest BCUT2D eigenvalue weighted by atomic mass is 32.2. The number of carbonyl (C=O) groups excluding carboxylic acids is 1. The summed E-state index contributed by atoms with van der Waals surface area (Å²) in [7, 11) is -1.19. The van der Waals surface area contributed by atoms with Crippen LogP contribution in [-0.2, 0) is 16.9 Å². The maximum Gasteiger partial charge on any atom is 0.274 e. The van der Waals surface area contributed by atoms with E-state index in [1.165, 1.54) is 6.26 Å². The summed E-state index contributed by atoms with van der Waals surface area (Å²) < 4.78 is 25.1. The summed E-state index contributed by atoms with van der Waals surface area (Å²) in [6.45, 7) is 5.20. The number of amides is 1. The number of aryl methyl sites for hydroxylation is 1. The molecule has 0 N–H and O–H groups in total. The molecule has 1 fully saturated rings. The number of rotatable bonds is 3. The first-order valence-electron chi connectivity index (χ1n) is 7.72. The highest BCUT2D eigenvalue weighted by Gasteiger charge is 2.28. The molecule has 1 aromatic heterocycles. The third-order valence-electron chi connectivity index (χ3n) is 4.29. The molecule has 0 saturated carbocycles. The topological polar surface area (TPSA) is 72.3 Å². The second kappa shape index (κ2) is 6.40. The minimum atomic E-state index is -3.03. The zero-order valence-electron chi connectivity index (χ0n) is 13.7. The van der Waals surface area contributed by atoms with Crippen LogP contribution in [0.15, 0.2) is 6.07 Å². The molecule has 22 heavy (non-hydrogen) atoms. The van der Waals surface area contributed by atoms with Crippen molar-refractivity contribution in [1.82, 2.24) is 14.7 Å². The number of aromatic nitrogens is 2. The van der Waals surface area contributed by atoms with Gasteiger partial charge >= 0.3 is 0 Å². The molecule has 0 spiro atoms. The lowest BCUT2D eigenvalue weighted by Crippen LogP contribution is -2.33. The average molecular weight is 327 g/mol. The van der Waals surface area contributed by atoms with Gasteiger partial charge in [-0.25, -0.2) is 8.42 Å². The van der Waals surface area contributed by atoms with Gasteiger partial charge in [-0.3, -0.25) is 9.48 Å². The van der Waals surface area contributed by atoms with Crippen LogP contribution in [0, 0.1) is 0 Å². The Hall–Kier alpha value is -1.37. The van der Waals surface area contributed by atoms with Crippen molar-refractivity contribution in [2.45, 2.75) is 44.3 Å². The van der Waals surface area contributed by atoms with Crippen LogP contribution in [0.3, 0.4) is 0 Å². The highest BCUT2D eigenvalue weighted by Crippen LogP contribution is 2.20. The van der Waals surface area contributed by atoms with Crippen LogP contribution >= 0.6 is 0 Å². The number of likely N-dealkylation sites (tertiary alicyclic amines) is 1. The molecule has 1 aliphatic rings. The fourth-order valence-electron chi connectivity index (χ4n) is 2.99. The van der Waals surface area contributed by atoms with Gasteiger partial charge in [0.15, 0.2) is 5.69 Å². The molecule has 1 saturated heterocycles. The Morgan fingerprint density at radius 3 is 2.55 bits per heavy atom. The minimum absolute atomic E-state index is 0.100. The van der Waals surface area contributed by atoms with Crippen molar-refractivity contribution in [3.8, 4) is 0 Å². The highest BCUT2D eigenvalue weighted by molar-refractivity contribution is 7.91. The van der Waals surface area contributed by atoms with Gasteiger partial charge in [-0.05, 0) is 31.2 Å². The number of nitrogens with zero attached hydrogens (tertiary/aromatic N) is 3. The molecule has 124 valence electrons. The Labute approximate surface area is 132 Å². The Balaban J connectivity index is 2.12. The van der Waals surface area contributed by atoms with Crippen molar-refractivity contribution in [3.05, 3.63) is 17.5 Å². The van der Waals surface area contributed by atoms with E-state index in [1.807, 2.05) is 13.1 Å². The minimum Gasteiger partial charge on any atom is -0.337 e. The first kappa shape index (κ1) is 17.0. The van der Waals surface area contributed by atoms with Gasteiger partial charge in [-0.1, -0.05) is 13.8 Å². The molecule has 2 rings (SSSR count). The Morgan fingerprint density at radius 2 is 2.00 bits per heavy atom. The molecular weight excluding hydrogens is 302 g/mol. The second-order valence-electron chi connectivity index (χ2n) is 6.41. The Morgan fingerprint density at radius 1 is 1.32 bits per heavy atom. The average Bonchev–Trinajstić information content (AvgIpc) is 2.65.